The molecule has 0 saturated heterocycles. The number of esters is 2. The normalized spacial score (nSPS) is 11.8. The Bertz CT molecular complexity index is 560. The summed E-state index contributed by atoms with van der Waals surface area (Å²) in [6.45, 7) is 4.06. The highest BCUT2D eigenvalue weighted by atomic mass is 35.5. The van der Waals surface area contributed by atoms with Gasteiger partial charge in [0.25, 0.3) is 0 Å². The maximum Gasteiger partial charge on any atom is 0.311 e. The average molecular weight is 389 g/mol. The first-order valence-corrected chi connectivity index (χ1v) is 9.53. The van der Waals surface area contributed by atoms with Crippen molar-refractivity contribution in [2.45, 2.75) is 71.3 Å². The summed E-state index contributed by atoms with van der Waals surface area (Å²) >= 11 is 11.8. The number of hydrogen-bond acceptors (Lipinski definition) is 4. The predicted octanol–water partition coefficient (Wildman–Crippen LogP) is 5.97. The molecule has 0 saturated carbocycles. The molecular formula is C19H26Cl2O4. The second kappa shape index (κ2) is 12.2. The van der Waals surface area contributed by atoms with Gasteiger partial charge < -0.3 is 9.47 Å². The molecule has 0 aliphatic heterocycles. The van der Waals surface area contributed by atoms with Gasteiger partial charge in [0.2, 0.25) is 0 Å². The molecule has 0 amide bonds. The van der Waals surface area contributed by atoms with E-state index in [9.17, 15) is 9.59 Å². The molecule has 1 unspecified atom stereocenters. The molecule has 1 rings (SSSR count). The summed E-state index contributed by atoms with van der Waals surface area (Å²) < 4.78 is 10.5. The molecule has 0 bridgehead atoms. The van der Waals surface area contributed by atoms with E-state index in [1.807, 2.05) is 6.92 Å². The Kier molecular flexibility index (Phi) is 10.6. The van der Waals surface area contributed by atoms with E-state index < -0.39 is 5.97 Å². The fourth-order valence-electron chi connectivity index (χ4n) is 2.31. The lowest BCUT2D eigenvalue weighted by Crippen LogP contribution is -2.15. The fourth-order valence-corrected chi connectivity index (χ4v) is 2.64. The third-order valence-electron chi connectivity index (χ3n) is 3.70. The summed E-state index contributed by atoms with van der Waals surface area (Å²) in [5.74, 6) is -0.511. The first-order valence-electron chi connectivity index (χ1n) is 8.78. The van der Waals surface area contributed by atoms with Crippen molar-refractivity contribution in [1.82, 2.24) is 0 Å². The molecule has 0 N–H and O–H groups in total. The van der Waals surface area contributed by atoms with Gasteiger partial charge in [-0.3, -0.25) is 9.59 Å². The van der Waals surface area contributed by atoms with Gasteiger partial charge in [0, 0.05) is 12.8 Å². The Hall–Kier alpha value is -1.26. The van der Waals surface area contributed by atoms with Crippen molar-refractivity contribution in [1.29, 1.82) is 0 Å². The van der Waals surface area contributed by atoms with Crippen LogP contribution in [-0.2, 0) is 14.3 Å². The number of carbonyl (C=O) groups excluding carboxylic acids is 2. The van der Waals surface area contributed by atoms with Gasteiger partial charge >= 0.3 is 11.9 Å². The van der Waals surface area contributed by atoms with Crippen LogP contribution in [0.4, 0.5) is 0 Å². The van der Waals surface area contributed by atoms with Gasteiger partial charge in [-0.2, -0.15) is 0 Å². The molecule has 0 aromatic heterocycles. The van der Waals surface area contributed by atoms with Gasteiger partial charge in [-0.25, -0.2) is 0 Å². The molecular weight excluding hydrogens is 363 g/mol. The van der Waals surface area contributed by atoms with Crippen molar-refractivity contribution < 1.29 is 19.1 Å². The van der Waals surface area contributed by atoms with Crippen LogP contribution in [0.25, 0.3) is 0 Å². The van der Waals surface area contributed by atoms with Crippen molar-refractivity contribution >= 4 is 35.1 Å². The molecule has 0 aliphatic carbocycles. The van der Waals surface area contributed by atoms with Crippen LogP contribution in [-0.4, -0.2) is 18.0 Å². The largest absolute Gasteiger partial charge is 0.463 e. The molecule has 0 heterocycles. The van der Waals surface area contributed by atoms with E-state index in [2.05, 4.69) is 6.92 Å². The second-order valence-electron chi connectivity index (χ2n) is 6.03. The summed E-state index contributed by atoms with van der Waals surface area (Å²) in [5.41, 5.74) is 0. The first kappa shape index (κ1) is 21.8. The Morgan fingerprint density at radius 1 is 1.04 bits per heavy atom. The van der Waals surface area contributed by atoms with Crippen molar-refractivity contribution in [2.75, 3.05) is 0 Å². The summed E-state index contributed by atoms with van der Waals surface area (Å²) in [4.78, 5) is 23.6. The highest BCUT2D eigenvalue weighted by Gasteiger charge is 2.13. The first-order chi connectivity index (χ1) is 11.9. The standard InChI is InChI=1S/C19H26Cl2O4/c1-3-4-5-6-9-14(2)24-17(22)12-8-13-18(23)25-16-11-7-10-15(20)19(16)21/h7,10-11,14H,3-6,8-9,12-13H2,1-2H3. The zero-order valence-electron chi connectivity index (χ0n) is 14.9. The van der Waals surface area contributed by atoms with Gasteiger partial charge in [-0.15, -0.1) is 0 Å². The summed E-state index contributed by atoms with van der Waals surface area (Å²) in [7, 11) is 0. The van der Waals surface area contributed by atoms with Crippen LogP contribution >= 0.6 is 23.2 Å². The topological polar surface area (TPSA) is 52.6 Å². The Morgan fingerprint density at radius 2 is 1.76 bits per heavy atom. The zero-order valence-corrected chi connectivity index (χ0v) is 16.4. The van der Waals surface area contributed by atoms with Crippen LogP contribution in [0.15, 0.2) is 18.2 Å². The molecule has 0 fully saturated rings. The molecule has 0 radical (unpaired) electrons. The van der Waals surface area contributed by atoms with Gasteiger partial charge in [-0.05, 0) is 38.3 Å². The molecule has 4 nitrogen and oxygen atoms in total. The smallest absolute Gasteiger partial charge is 0.311 e. The Balaban J connectivity index is 2.22. The van der Waals surface area contributed by atoms with Crippen molar-refractivity contribution in [3.05, 3.63) is 28.2 Å². The van der Waals surface area contributed by atoms with Crippen LogP contribution in [0.3, 0.4) is 0 Å². The van der Waals surface area contributed by atoms with Crippen molar-refractivity contribution in [3.8, 4) is 5.75 Å². The van der Waals surface area contributed by atoms with Crippen LogP contribution in [0.2, 0.25) is 10.0 Å². The van der Waals surface area contributed by atoms with Crippen LogP contribution in [0, 0.1) is 0 Å². The molecule has 25 heavy (non-hydrogen) atoms. The summed E-state index contributed by atoms with van der Waals surface area (Å²) in [5, 5.41) is 0.525. The lowest BCUT2D eigenvalue weighted by atomic mass is 10.1. The van der Waals surface area contributed by atoms with Gasteiger partial charge in [0.1, 0.15) is 5.02 Å². The monoisotopic (exact) mass is 388 g/mol. The van der Waals surface area contributed by atoms with E-state index in [4.69, 9.17) is 32.7 Å². The van der Waals surface area contributed by atoms with Crippen LogP contribution in [0.5, 0.6) is 5.75 Å². The number of ether oxygens (including phenoxy) is 2. The lowest BCUT2D eigenvalue weighted by molar-refractivity contribution is -0.148. The number of unbranched alkanes of at least 4 members (excludes halogenated alkanes) is 3. The van der Waals surface area contributed by atoms with E-state index in [0.29, 0.717) is 11.4 Å². The van der Waals surface area contributed by atoms with Crippen LogP contribution < -0.4 is 4.74 Å². The van der Waals surface area contributed by atoms with Gasteiger partial charge in [0.15, 0.2) is 5.75 Å². The third kappa shape index (κ3) is 9.13. The number of benzene rings is 1. The van der Waals surface area contributed by atoms with E-state index in [0.717, 1.165) is 19.3 Å². The zero-order chi connectivity index (χ0) is 18.7. The minimum absolute atomic E-state index is 0.0819. The van der Waals surface area contributed by atoms with Crippen molar-refractivity contribution in [3.63, 3.8) is 0 Å². The predicted molar refractivity (Wildman–Crippen MR) is 100 cm³/mol. The minimum atomic E-state index is -0.454. The van der Waals surface area contributed by atoms with Gasteiger partial charge in [-0.1, -0.05) is 55.5 Å². The molecule has 1 atom stereocenters. The molecule has 6 heteroatoms. The minimum Gasteiger partial charge on any atom is -0.463 e. The maximum absolute atomic E-state index is 11.8. The van der Waals surface area contributed by atoms with E-state index in [1.54, 1.807) is 18.2 Å². The molecule has 0 aliphatic rings. The number of hydrogen-bond donors (Lipinski definition) is 0. The average Bonchev–Trinajstić information content (AvgIpc) is 2.56. The van der Waals surface area contributed by atoms with Crippen molar-refractivity contribution in [2.24, 2.45) is 0 Å². The number of halogens is 2. The SMILES string of the molecule is CCCCCCC(C)OC(=O)CCCC(=O)Oc1cccc(Cl)c1Cl. The Labute approximate surface area is 159 Å². The van der Waals surface area contributed by atoms with Crippen LogP contribution in [0.1, 0.15) is 65.2 Å². The highest BCUT2D eigenvalue weighted by molar-refractivity contribution is 6.43. The molecule has 1 aromatic carbocycles. The molecule has 1 aromatic rings. The fraction of sp³-hybridized carbons (Fsp3) is 0.579. The van der Waals surface area contributed by atoms with E-state index >= 15 is 0 Å². The lowest BCUT2D eigenvalue weighted by Gasteiger charge is -2.13. The maximum atomic E-state index is 11.8. The van der Waals surface area contributed by atoms with E-state index in [1.165, 1.54) is 12.8 Å². The number of rotatable bonds is 11. The molecule has 0 spiro atoms. The highest BCUT2D eigenvalue weighted by Crippen LogP contribution is 2.31. The number of carbonyl (C=O) groups is 2. The van der Waals surface area contributed by atoms with E-state index in [-0.39, 0.29) is 35.7 Å². The summed E-state index contributed by atoms with van der Waals surface area (Å²) in [6.07, 6.45) is 6.09. The summed E-state index contributed by atoms with van der Waals surface area (Å²) in [6, 6.07) is 4.83. The van der Waals surface area contributed by atoms with Gasteiger partial charge in [0.05, 0.1) is 11.1 Å². The Morgan fingerprint density at radius 3 is 2.48 bits per heavy atom. The third-order valence-corrected chi connectivity index (χ3v) is 4.50. The molecule has 140 valence electrons. The quantitative estimate of drug-likeness (QED) is 0.266. The second-order valence-corrected chi connectivity index (χ2v) is 6.81.